The summed E-state index contributed by atoms with van der Waals surface area (Å²) >= 11 is 0. The van der Waals surface area contributed by atoms with E-state index in [9.17, 15) is 25.1 Å². The van der Waals surface area contributed by atoms with E-state index in [4.69, 9.17) is 0 Å². The van der Waals surface area contributed by atoms with Crippen LogP contribution in [0.1, 0.15) is 0 Å². The standard InChI is InChI=1S/C11H8BN4O5/c1-12-4-2-5-6(3-7(4)17)13-8-9(14-5)15(20)11(19)16(21)10(8)18/h2-3,17,20-21H,1H3. The second-order valence-corrected chi connectivity index (χ2v) is 4.30. The molecule has 0 atom stereocenters. The number of benzene rings is 1. The van der Waals surface area contributed by atoms with Crippen LogP contribution in [0, 0.1) is 0 Å². The van der Waals surface area contributed by atoms with E-state index in [1.54, 1.807) is 14.1 Å². The van der Waals surface area contributed by atoms with Crippen molar-refractivity contribution in [2.75, 3.05) is 0 Å². The number of fused-ring (bicyclic) bond motifs is 2. The third-order valence-corrected chi connectivity index (χ3v) is 3.06. The monoisotopic (exact) mass is 287 g/mol. The van der Waals surface area contributed by atoms with Crippen molar-refractivity contribution in [2.45, 2.75) is 6.82 Å². The minimum atomic E-state index is -1.35. The van der Waals surface area contributed by atoms with Gasteiger partial charge in [0, 0.05) is 6.07 Å². The van der Waals surface area contributed by atoms with Crippen molar-refractivity contribution in [1.82, 2.24) is 19.4 Å². The molecule has 10 heteroatoms. The fraction of sp³-hybridized carbons (Fsp3) is 0.0909. The first-order chi connectivity index (χ1) is 9.93. The van der Waals surface area contributed by atoms with Gasteiger partial charge in [-0.1, -0.05) is 11.6 Å². The first-order valence-corrected chi connectivity index (χ1v) is 5.84. The molecule has 1 aromatic carbocycles. The first kappa shape index (κ1) is 13.0. The van der Waals surface area contributed by atoms with Gasteiger partial charge in [-0.25, -0.2) is 14.8 Å². The van der Waals surface area contributed by atoms with Crippen LogP contribution in [-0.4, -0.2) is 42.2 Å². The van der Waals surface area contributed by atoms with Crippen LogP contribution < -0.4 is 16.7 Å². The maximum atomic E-state index is 11.8. The summed E-state index contributed by atoms with van der Waals surface area (Å²) in [4.78, 5) is 31.1. The van der Waals surface area contributed by atoms with Gasteiger partial charge in [0.25, 0.3) is 0 Å². The fourth-order valence-electron chi connectivity index (χ4n) is 1.99. The lowest BCUT2D eigenvalue weighted by atomic mass is 9.72. The summed E-state index contributed by atoms with van der Waals surface area (Å²) in [6.07, 6.45) is 0. The molecule has 3 N–H and O–H groups in total. The highest BCUT2D eigenvalue weighted by atomic mass is 16.5. The second kappa shape index (κ2) is 4.23. The Bertz CT molecular complexity index is 1010. The molecular weight excluding hydrogens is 279 g/mol. The van der Waals surface area contributed by atoms with Gasteiger partial charge in [0.2, 0.25) is 5.65 Å². The van der Waals surface area contributed by atoms with Gasteiger partial charge in [0.1, 0.15) is 5.75 Å². The Balaban J connectivity index is 2.55. The highest BCUT2D eigenvalue weighted by Gasteiger charge is 2.16. The Morgan fingerprint density at radius 2 is 1.76 bits per heavy atom. The summed E-state index contributed by atoms with van der Waals surface area (Å²) in [6, 6.07) is 2.79. The lowest BCUT2D eigenvalue weighted by Gasteiger charge is -2.07. The topological polar surface area (TPSA) is 130 Å². The minimum Gasteiger partial charge on any atom is -0.508 e. The van der Waals surface area contributed by atoms with Gasteiger partial charge in [-0.2, -0.15) is 0 Å². The number of phenolic OH excluding ortho intramolecular Hbond substituents is 1. The molecule has 0 saturated carbocycles. The van der Waals surface area contributed by atoms with Crippen molar-refractivity contribution in [1.29, 1.82) is 0 Å². The van der Waals surface area contributed by atoms with Gasteiger partial charge >= 0.3 is 11.2 Å². The van der Waals surface area contributed by atoms with E-state index in [1.165, 1.54) is 12.1 Å². The molecule has 3 aromatic rings. The van der Waals surface area contributed by atoms with Crippen LogP contribution in [0.2, 0.25) is 6.82 Å². The maximum absolute atomic E-state index is 11.8. The van der Waals surface area contributed by atoms with Crippen molar-refractivity contribution in [2.24, 2.45) is 0 Å². The number of phenols is 1. The molecule has 2 heterocycles. The molecule has 21 heavy (non-hydrogen) atoms. The van der Waals surface area contributed by atoms with Crippen molar-refractivity contribution >= 4 is 34.9 Å². The number of aromatic nitrogens is 4. The van der Waals surface area contributed by atoms with Crippen molar-refractivity contribution in [3.8, 4) is 5.75 Å². The molecule has 0 saturated heterocycles. The number of rotatable bonds is 1. The summed E-state index contributed by atoms with van der Waals surface area (Å²) in [7, 11) is 1.64. The molecule has 0 fully saturated rings. The van der Waals surface area contributed by atoms with Crippen molar-refractivity contribution in [3.63, 3.8) is 0 Å². The van der Waals surface area contributed by atoms with E-state index >= 15 is 0 Å². The summed E-state index contributed by atoms with van der Waals surface area (Å²) in [5.74, 6) is -0.0553. The predicted octanol–water partition coefficient (Wildman–Crippen LogP) is -1.34. The molecular formula is C11H8BN4O5. The highest BCUT2D eigenvalue weighted by molar-refractivity contribution is 6.53. The van der Waals surface area contributed by atoms with Gasteiger partial charge in [0.15, 0.2) is 12.8 Å². The van der Waals surface area contributed by atoms with Crippen molar-refractivity contribution in [3.05, 3.63) is 33.0 Å². The Hall–Kier alpha value is -3.04. The zero-order valence-corrected chi connectivity index (χ0v) is 10.7. The number of hydrogen-bond acceptors (Lipinski definition) is 7. The van der Waals surface area contributed by atoms with E-state index < -0.39 is 16.8 Å². The zero-order chi connectivity index (χ0) is 15.3. The fourth-order valence-corrected chi connectivity index (χ4v) is 1.99. The third-order valence-electron chi connectivity index (χ3n) is 3.06. The number of hydrogen-bond donors (Lipinski definition) is 3. The molecule has 105 valence electrons. The van der Waals surface area contributed by atoms with Crippen LogP contribution in [0.4, 0.5) is 0 Å². The first-order valence-electron chi connectivity index (χ1n) is 5.84. The molecule has 1 radical (unpaired) electrons. The van der Waals surface area contributed by atoms with Crippen LogP contribution in [0.3, 0.4) is 0 Å². The van der Waals surface area contributed by atoms with Gasteiger partial charge in [-0.05, 0) is 11.5 Å². The lowest BCUT2D eigenvalue weighted by molar-refractivity contribution is 0.110. The Morgan fingerprint density at radius 3 is 2.43 bits per heavy atom. The number of aromatic hydroxyl groups is 1. The van der Waals surface area contributed by atoms with E-state index in [-0.39, 0.29) is 31.9 Å². The summed E-state index contributed by atoms with van der Waals surface area (Å²) in [5.41, 5.74) is -2.30. The van der Waals surface area contributed by atoms with Gasteiger partial charge in [-0.15, -0.1) is 4.73 Å². The van der Waals surface area contributed by atoms with E-state index in [0.29, 0.717) is 5.46 Å². The Kier molecular flexibility index (Phi) is 2.61. The molecule has 9 nitrogen and oxygen atoms in total. The number of nitrogens with zero attached hydrogens (tertiary/aromatic N) is 4. The third kappa shape index (κ3) is 1.72. The van der Waals surface area contributed by atoms with E-state index in [0.717, 1.165) is 0 Å². The summed E-state index contributed by atoms with van der Waals surface area (Å²) in [5, 5.41) is 28.7. The summed E-state index contributed by atoms with van der Waals surface area (Å²) in [6.45, 7) is 1.71. The molecule has 0 aliphatic carbocycles. The molecule has 3 rings (SSSR count). The molecule has 0 aliphatic heterocycles. The predicted molar refractivity (Wildman–Crippen MR) is 72.8 cm³/mol. The molecule has 0 unspecified atom stereocenters. The highest BCUT2D eigenvalue weighted by Crippen LogP contribution is 2.16. The van der Waals surface area contributed by atoms with Crippen LogP contribution in [-0.2, 0) is 0 Å². The smallest absolute Gasteiger partial charge is 0.399 e. The van der Waals surface area contributed by atoms with Gasteiger partial charge < -0.3 is 15.5 Å². The largest absolute Gasteiger partial charge is 0.508 e. The average Bonchev–Trinajstić information content (AvgIpc) is 2.48. The van der Waals surface area contributed by atoms with Gasteiger partial charge in [-0.3, -0.25) is 4.79 Å². The minimum absolute atomic E-state index is 0.0331. The van der Waals surface area contributed by atoms with Gasteiger partial charge in [0.05, 0.1) is 11.0 Å². The van der Waals surface area contributed by atoms with Crippen molar-refractivity contribution < 1.29 is 15.5 Å². The van der Waals surface area contributed by atoms with E-state index in [1.807, 2.05) is 0 Å². The lowest BCUT2D eigenvalue weighted by Crippen LogP contribution is -2.38. The van der Waals surface area contributed by atoms with Crippen LogP contribution in [0.5, 0.6) is 5.75 Å². The maximum Gasteiger partial charge on any atom is 0.399 e. The average molecular weight is 287 g/mol. The van der Waals surface area contributed by atoms with Crippen LogP contribution in [0.25, 0.3) is 22.2 Å². The Morgan fingerprint density at radius 1 is 1.10 bits per heavy atom. The molecule has 0 bridgehead atoms. The molecule has 0 amide bonds. The summed E-state index contributed by atoms with van der Waals surface area (Å²) < 4.78 is -0.234. The molecule has 0 spiro atoms. The van der Waals surface area contributed by atoms with Crippen LogP contribution in [0.15, 0.2) is 21.7 Å². The molecule has 2 aromatic heterocycles. The quantitative estimate of drug-likeness (QED) is 0.287. The molecule has 0 aliphatic rings. The van der Waals surface area contributed by atoms with E-state index in [2.05, 4.69) is 9.97 Å². The zero-order valence-electron chi connectivity index (χ0n) is 10.7. The second-order valence-electron chi connectivity index (χ2n) is 4.30. The Labute approximate surface area is 116 Å². The SMILES string of the molecule is C[B]c1cc2nc3c(nc2cc1O)c(=O)n(O)c(=O)n3O. The van der Waals surface area contributed by atoms with Crippen LogP contribution >= 0.6 is 0 Å². The normalized spacial score (nSPS) is 11.1.